The molecule has 1 aliphatic carbocycles. The van der Waals surface area contributed by atoms with Gasteiger partial charge in [-0.15, -0.1) is 10.2 Å². The van der Waals surface area contributed by atoms with Crippen LogP contribution in [0.1, 0.15) is 36.2 Å². The Labute approximate surface area is 146 Å². The van der Waals surface area contributed by atoms with Gasteiger partial charge in [-0.3, -0.25) is 4.79 Å². The molecular formula is C18H22N4O3. The van der Waals surface area contributed by atoms with Gasteiger partial charge in [0, 0.05) is 12.1 Å². The zero-order chi connectivity index (χ0) is 17.6. The Morgan fingerprint density at radius 1 is 1.08 bits per heavy atom. The molecule has 7 nitrogen and oxygen atoms in total. The zero-order valence-electron chi connectivity index (χ0n) is 14.4. The van der Waals surface area contributed by atoms with Crippen LogP contribution >= 0.6 is 0 Å². The van der Waals surface area contributed by atoms with Gasteiger partial charge in [0.1, 0.15) is 17.3 Å². The van der Waals surface area contributed by atoms with Crippen molar-refractivity contribution in [1.82, 2.24) is 10.2 Å². The van der Waals surface area contributed by atoms with E-state index in [9.17, 15) is 4.79 Å². The first-order chi connectivity index (χ1) is 12.2. The highest BCUT2D eigenvalue weighted by Crippen LogP contribution is 2.29. The summed E-state index contributed by atoms with van der Waals surface area (Å²) < 4.78 is 10.4. The fourth-order valence-electron chi connectivity index (χ4n) is 2.91. The van der Waals surface area contributed by atoms with Gasteiger partial charge >= 0.3 is 0 Å². The number of carbonyl (C=O) groups excluding carboxylic acids is 1. The Hall–Kier alpha value is -2.83. The lowest BCUT2D eigenvalue weighted by Crippen LogP contribution is -2.18. The van der Waals surface area contributed by atoms with E-state index < -0.39 is 0 Å². The number of aromatic nitrogens is 2. The minimum Gasteiger partial charge on any atom is -0.497 e. The zero-order valence-corrected chi connectivity index (χ0v) is 14.4. The van der Waals surface area contributed by atoms with E-state index >= 15 is 0 Å². The van der Waals surface area contributed by atoms with Crippen LogP contribution in [0.2, 0.25) is 0 Å². The van der Waals surface area contributed by atoms with Gasteiger partial charge in [0.15, 0.2) is 5.69 Å². The maximum Gasteiger partial charge on any atom is 0.276 e. The molecule has 1 fully saturated rings. The van der Waals surface area contributed by atoms with Gasteiger partial charge in [0.2, 0.25) is 0 Å². The summed E-state index contributed by atoms with van der Waals surface area (Å²) in [4.78, 5) is 12.4. The molecule has 1 saturated carbocycles. The second-order valence-electron chi connectivity index (χ2n) is 5.95. The van der Waals surface area contributed by atoms with Gasteiger partial charge in [0.25, 0.3) is 5.91 Å². The van der Waals surface area contributed by atoms with Crippen LogP contribution in [0.4, 0.5) is 11.5 Å². The standard InChI is InChI=1S/C18H22N4O3/c1-24-13-7-9-16(25-2)15(11-13)20-18(23)14-8-10-17(22-21-14)19-12-5-3-4-6-12/h7-12H,3-6H2,1-2H3,(H,19,22)(H,20,23). The van der Waals surface area contributed by atoms with Crippen molar-refractivity contribution in [3.63, 3.8) is 0 Å². The molecule has 0 radical (unpaired) electrons. The van der Waals surface area contributed by atoms with Gasteiger partial charge in [0.05, 0.1) is 19.9 Å². The summed E-state index contributed by atoms with van der Waals surface area (Å²) in [6.45, 7) is 0. The van der Waals surface area contributed by atoms with Gasteiger partial charge < -0.3 is 20.1 Å². The third-order valence-corrected chi connectivity index (χ3v) is 4.26. The van der Waals surface area contributed by atoms with Gasteiger partial charge in [-0.2, -0.15) is 0 Å². The fraction of sp³-hybridized carbons (Fsp3) is 0.389. The van der Waals surface area contributed by atoms with Crippen molar-refractivity contribution in [2.24, 2.45) is 0 Å². The molecule has 0 saturated heterocycles. The number of carbonyl (C=O) groups is 1. The second-order valence-corrected chi connectivity index (χ2v) is 5.95. The first-order valence-corrected chi connectivity index (χ1v) is 8.33. The van der Waals surface area contributed by atoms with E-state index in [2.05, 4.69) is 20.8 Å². The molecule has 0 aliphatic heterocycles. The molecular weight excluding hydrogens is 320 g/mol. The van der Waals surface area contributed by atoms with Crippen LogP contribution < -0.4 is 20.1 Å². The summed E-state index contributed by atoms with van der Waals surface area (Å²) in [5, 5.41) is 14.2. The molecule has 7 heteroatoms. The van der Waals surface area contributed by atoms with E-state index in [1.807, 2.05) is 0 Å². The number of ether oxygens (including phenoxy) is 2. The molecule has 2 aromatic rings. The summed E-state index contributed by atoms with van der Waals surface area (Å²) in [5.41, 5.74) is 0.753. The molecule has 1 aliphatic rings. The molecule has 3 rings (SSSR count). The van der Waals surface area contributed by atoms with Crippen molar-refractivity contribution < 1.29 is 14.3 Å². The minimum absolute atomic E-state index is 0.238. The van der Waals surface area contributed by atoms with Crippen LogP contribution in [0, 0.1) is 0 Å². The van der Waals surface area contributed by atoms with Crippen molar-refractivity contribution in [3.05, 3.63) is 36.0 Å². The predicted molar refractivity (Wildman–Crippen MR) is 95.4 cm³/mol. The largest absolute Gasteiger partial charge is 0.497 e. The number of rotatable bonds is 6. The number of hydrogen-bond donors (Lipinski definition) is 2. The van der Waals surface area contributed by atoms with Gasteiger partial charge in [-0.05, 0) is 37.1 Å². The van der Waals surface area contributed by atoms with Crippen LogP contribution in [0.5, 0.6) is 11.5 Å². The minimum atomic E-state index is -0.355. The van der Waals surface area contributed by atoms with Crippen LogP contribution in [0.25, 0.3) is 0 Å². The molecule has 2 N–H and O–H groups in total. The summed E-state index contributed by atoms with van der Waals surface area (Å²) in [6.07, 6.45) is 4.79. The Morgan fingerprint density at radius 3 is 2.52 bits per heavy atom. The summed E-state index contributed by atoms with van der Waals surface area (Å²) in [6, 6.07) is 9.08. The van der Waals surface area contributed by atoms with Gasteiger partial charge in [-0.25, -0.2) is 0 Å². The van der Waals surface area contributed by atoms with Crippen molar-refractivity contribution in [1.29, 1.82) is 0 Å². The molecule has 0 unspecified atom stereocenters. The Bertz CT molecular complexity index is 728. The topological polar surface area (TPSA) is 85.4 Å². The predicted octanol–water partition coefficient (Wildman–Crippen LogP) is 3.10. The lowest BCUT2D eigenvalue weighted by molar-refractivity contribution is 0.102. The number of hydrogen-bond acceptors (Lipinski definition) is 6. The smallest absolute Gasteiger partial charge is 0.276 e. The lowest BCUT2D eigenvalue weighted by Gasteiger charge is -2.13. The van der Waals surface area contributed by atoms with Crippen molar-refractivity contribution in [2.75, 3.05) is 24.9 Å². The number of amides is 1. The van der Waals surface area contributed by atoms with E-state index in [-0.39, 0.29) is 11.6 Å². The van der Waals surface area contributed by atoms with Crippen LogP contribution in [-0.2, 0) is 0 Å². The molecule has 1 amide bonds. The third-order valence-electron chi connectivity index (χ3n) is 4.26. The van der Waals surface area contributed by atoms with E-state index in [0.29, 0.717) is 29.0 Å². The van der Waals surface area contributed by atoms with Crippen LogP contribution in [-0.4, -0.2) is 36.4 Å². The number of nitrogens with zero attached hydrogens (tertiary/aromatic N) is 2. The fourth-order valence-corrected chi connectivity index (χ4v) is 2.91. The molecule has 1 heterocycles. The van der Waals surface area contributed by atoms with Crippen molar-refractivity contribution >= 4 is 17.4 Å². The van der Waals surface area contributed by atoms with Crippen molar-refractivity contribution in [2.45, 2.75) is 31.7 Å². The Balaban J connectivity index is 1.68. The molecule has 0 bridgehead atoms. The molecule has 1 aromatic heterocycles. The van der Waals surface area contributed by atoms with E-state index in [1.165, 1.54) is 12.8 Å². The van der Waals surface area contributed by atoms with Gasteiger partial charge in [-0.1, -0.05) is 12.8 Å². The highest BCUT2D eigenvalue weighted by Gasteiger charge is 2.16. The molecule has 0 spiro atoms. The number of anilines is 2. The van der Waals surface area contributed by atoms with Crippen LogP contribution in [0.3, 0.4) is 0 Å². The molecule has 25 heavy (non-hydrogen) atoms. The SMILES string of the molecule is COc1ccc(OC)c(NC(=O)c2ccc(NC3CCCC3)nn2)c1. The first-order valence-electron chi connectivity index (χ1n) is 8.33. The van der Waals surface area contributed by atoms with Crippen LogP contribution in [0.15, 0.2) is 30.3 Å². The van der Waals surface area contributed by atoms with E-state index in [0.717, 1.165) is 12.8 Å². The summed E-state index contributed by atoms with van der Waals surface area (Å²) in [5.74, 6) is 1.51. The normalized spacial score (nSPS) is 14.2. The highest BCUT2D eigenvalue weighted by atomic mass is 16.5. The maximum absolute atomic E-state index is 12.4. The quantitative estimate of drug-likeness (QED) is 0.839. The van der Waals surface area contributed by atoms with E-state index in [4.69, 9.17) is 9.47 Å². The average Bonchev–Trinajstić information content (AvgIpc) is 3.15. The summed E-state index contributed by atoms with van der Waals surface area (Å²) >= 11 is 0. The molecule has 0 atom stereocenters. The maximum atomic E-state index is 12.4. The highest BCUT2D eigenvalue weighted by molar-refractivity contribution is 6.03. The van der Waals surface area contributed by atoms with E-state index in [1.54, 1.807) is 44.6 Å². The first kappa shape index (κ1) is 17.0. The third kappa shape index (κ3) is 4.17. The molecule has 132 valence electrons. The average molecular weight is 342 g/mol. The number of benzene rings is 1. The number of methoxy groups -OCH3 is 2. The Kier molecular flexibility index (Phi) is 5.33. The van der Waals surface area contributed by atoms with Crippen molar-refractivity contribution in [3.8, 4) is 11.5 Å². The second kappa shape index (κ2) is 7.83. The summed E-state index contributed by atoms with van der Waals surface area (Å²) in [7, 11) is 3.11. The number of nitrogens with one attached hydrogen (secondary N) is 2. The lowest BCUT2D eigenvalue weighted by atomic mass is 10.2. The molecule has 1 aromatic carbocycles. The monoisotopic (exact) mass is 342 g/mol. The Morgan fingerprint density at radius 2 is 1.88 bits per heavy atom.